The van der Waals surface area contributed by atoms with Crippen molar-refractivity contribution in [3.05, 3.63) is 16.1 Å². The molecule has 0 aromatic carbocycles. The molecule has 1 fully saturated rings. The Labute approximate surface area is 135 Å². The van der Waals surface area contributed by atoms with Crippen molar-refractivity contribution < 1.29 is 4.79 Å². The first-order chi connectivity index (χ1) is 10.2. The van der Waals surface area contributed by atoms with Crippen LogP contribution < -0.4 is 0 Å². The molecule has 1 aromatic rings. The maximum Gasteiger partial charge on any atom is 0.223 e. The van der Waals surface area contributed by atoms with E-state index in [0.29, 0.717) is 12.3 Å². The standard InChI is InChI=1S/C15H25N3OS2/c1-3-14-16-13(12-21-14)11-17-6-4-7-18(9-8-17)15(19)5-10-20-2/h12H,3-11H2,1-2H3. The van der Waals surface area contributed by atoms with E-state index in [9.17, 15) is 4.79 Å². The lowest BCUT2D eigenvalue weighted by molar-refractivity contribution is -0.130. The van der Waals surface area contributed by atoms with E-state index in [4.69, 9.17) is 0 Å². The molecule has 2 heterocycles. The van der Waals surface area contributed by atoms with E-state index in [-0.39, 0.29) is 0 Å². The number of thiazole rings is 1. The third-order valence-corrected chi connectivity index (χ3v) is 5.40. The van der Waals surface area contributed by atoms with Crippen LogP contribution in [0.15, 0.2) is 5.38 Å². The largest absolute Gasteiger partial charge is 0.341 e. The van der Waals surface area contributed by atoms with Gasteiger partial charge in [-0.25, -0.2) is 4.98 Å². The molecule has 118 valence electrons. The van der Waals surface area contributed by atoms with E-state index in [1.54, 1.807) is 23.1 Å². The molecule has 0 radical (unpaired) electrons. The van der Waals surface area contributed by atoms with Crippen LogP contribution in [0.2, 0.25) is 0 Å². The summed E-state index contributed by atoms with van der Waals surface area (Å²) in [5, 5.41) is 3.39. The average Bonchev–Trinajstić information content (AvgIpc) is 2.82. The fourth-order valence-corrected chi connectivity index (χ4v) is 3.65. The van der Waals surface area contributed by atoms with E-state index >= 15 is 0 Å². The summed E-state index contributed by atoms with van der Waals surface area (Å²) in [6, 6.07) is 0. The van der Waals surface area contributed by atoms with E-state index < -0.39 is 0 Å². The molecule has 0 bridgehead atoms. The van der Waals surface area contributed by atoms with Crippen molar-refractivity contribution in [2.75, 3.05) is 38.2 Å². The Morgan fingerprint density at radius 1 is 1.38 bits per heavy atom. The van der Waals surface area contributed by atoms with Gasteiger partial charge in [0.15, 0.2) is 0 Å². The summed E-state index contributed by atoms with van der Waals surface area (Å²) in [4.78, 5) is 21.2. The third kappa shape index (κ3) is 5.27. The molecular formula is C15H25N3OS2. The smallest absolute Gasteiger partial charge is 0.223 e. The SMILES string of the molecule is CCc1nc(CN2CCCN(C(=O)CCSC)CC2)cs1. The molecule has 1 aliphatic rings. The lowest BCUT2D eigenvalue weighted by Crippen LogP contribution is -2.35. The van der Waals surface area contributed by atoms with Gasteiger partial charge in [-0.15, -0.1) is 11.3 Å². The zero-order valence-electron chi connectivity index (χ0n) is 13.0. The number of carbonyl (C=O) groups is 1. The summed E-state index contributed by atoms with van der Waals surface area (Å²) >= 11 is 3.49. The van der Waals surface area contributed by atoms with Gasteiger partial charge in [0.05, 0.1) is 10.7 Å². The summed E-state index contributed by atoms with van der Waals surface area (Å²) in [6.45, 7) is 6.85. The number of rotatable bonds is 6. The fourth-order valence-electron chi connectivity index (χ4n) is 2.54. The molecule has 1 saturated heterocycles. The minimum atomic E-state index is 0.313. The van der Waals surface area contributed by atoms with Gasteiger partial charge >= 0.3 is 0 Å². The molecule has 4 nitrogen and oxygen atoms in total. The van der Waals surface area contributed by atoms with Crippen molar-refractivity contribution in [1.29, 1.82) is 0 Å². The predicted octanol–water partition coefficient (Wildman–Crippen LogP) is 2.49. The number of hydrogen-bond acceptors (Lipinski definition) is 5. The molecule has 2 rings (SSSR count). The number of thioether (sulfide) groups is 1. The number of aryl methyl sites for hydroxylation is 1. The Hall–Kier alpha value is -0.590. The van der Waals surface area contributed by atoms with E-state index in [1.165, 1.54) is 10.7 Å². The second-order valence-corrected chi connectivity index (χ2v) is 7.27. The summed E-state index contributed by atoms with van der Waals surface area (Å²) in [5.74, 6) is 1.24. The number of aromatic nitrogens is 1. The monoisotopic (exact) mass is 327 g/mol. The van der Waals surface area contributed by atoms with Gasteiger partial charge in [0.2, 0.25) is 5.91 Å². The van der Waals surface area contributed by atoms with Gasteiger partial charge in [-0.3, -0.25) is 9.69 Å². The Balaban J connectivity index is 1.81. The second kappa shape index (κ2) is 8.76. The zero-order valence-corrected chi connectivity index (χ0v) is 14.6. The van der Waals surface area contributed by atoms with Gasteiger partial charge in [-0.2, -0.15) is 11.8 Å². The lowest BCUT2D eigenvalue weighted by Gasteiger charge is -2.21. The minimum absolute atomic E-state index is 0.313. The molecule has 1 aromatic heterocycles. The Bertz CT molecular complexity index is 450. The van der Waals surface area contributed by atoms with Gasteiger partial charge in [-0.05, 0) is 19.1 Å². The molecule has 21 heavy (non-hydrogen) atoms. The van der Waals surface area contributed by atoms with E-state index in [0.717, 1.165) is 51.3 Å². The molecule has 1 aliphatic heterocycles. The van der Waals surface area contributed by atoms with Crippen LogP contribution in [0.3, 0.4) is 0 Å². The van der Waals surface area contributed by atoms with E-state index in [1.807, 2.05) is 4.90 Å². The van der Waals surface area contributed by atoms with Crippen molar-refractivity contribution >= 4 is 29.0 Å². The maximum absolute atomic E-state index is 12.1. The molecule has 0 aliphatic carbocycles. The quantitative estimate of drug-likeness (QED) is 0.804. The van der Waals surface area contributed by atoms with Crippen molar-refractivity contribution in [1.82, 2.24) is 14.8 Å². The highest BCUT2D eigenvalue weighted by Crippen LogP contribution is 2.14. The topological polar surface area (TPSA) is 36.4 Å². The second-order valence-electron chi connectivity index (χ2n) is 5.34. The Kier molecular flexibility index (Phi) is 6.99. The summed E-state index contributed by atoms with van der Waals surface area (Å²) in [6.07, 6.45) is 4.81. The van der Waals surface area contributed by atoms with Crippen LogP contribution in [0.5, 0.6) is 0 Å². The molecular weight excluding hydrogens is 302 g/mol. The first-order valence-corrected chi connectivity index (χ1v) is 9.92. The summed E-state index contributed by atoms with van der Waals surface area (Å²) < 4.78 is 0. The van der Waals surface area contributed by atoms with Crippen LogP contribution in [0.4, 0.5) is 0 Å². The van der Waals surface area contributed by atoms with Crippen LogP contribution in [0.1, 0.15) is 30.5 Å². The summed E-state index contributed by atoms with van der Waals surface area (Å²) in [7, 11) is 0. The number of amides is 1. The first kappa shape index (κ1) is 16.8. The third-order valence-electron chi connectivity index (χ3n) is 3.75. The first-order valence-electron chi connectivity index (χ1n) is 7.65. The van der Waals surface area contributed by atoms with Crippen LogP contribution in [0, 0.1) is 0 Å². The van der Waals surface area contributed by atoms with Crippen molar-refractivity contribution in [2.24, 2.45) is 0 Å². The summed E-state index contributed by atoms with van der Waals surface area (Å²) in [5.41, 5.74) is 1.18. The highest BCUT2D eigenvalue weighted by Gasteiger charge is 2.19. The Morgan fingerprint density at radius 2 is 2.24 bits per heavy atom. The molecule has 0 spiro atoms. The van der Waals surface area contributed by atoms with Gasteiger partial charge < -0.3 is 4.90 Å². The normalized spacial score (nSPS) is 17.0. The van der Waals surface area contributed by atoms with Gasteiger partial charge in [0, 0.05) is 50.3 Å². The van der Waals surface area contributed by atoms with Crippen LogP contribution in [-0.2, 0) is 17.8 Å². The molecule has 0 saturated carbocycles. The van der Waals surface area contributed by atoms with E-state index in [2.05, 4.69) is 28.4 Å². The highest BCUT2D eigenvalue weighted by atomic mass is 32.2. The number of carbonyl (C=O) groups excluding carboxylic acids is 1. The predicted molar refractivity (Wildman–Crippen MR) is 91.0 cm³/mol. The fraction of sp³-hybridized carbons (Fsp3) is 0.733. The lowest BCUT2D eigenvalue weighted by atomic mass is 10.3. The average molecular weight is 328 g/mol. The highest BCUT2D eigenvalue weighted by molar-refractivity contribution is 7.98. The van der Waals surface area contributed by atoms with Gasteiger partial charge in [-0.1, -0.05) is 6.92 Å². The number of hydrogen-bond donors (Lipinski definition) is 0. The zero-order chi connectivity index (χ0) is 15.1. The van der Waals surface area contributed by atoms with Crippen LogP contribution >= 0.6 is 23.1 Å². The molecule has 0 unspecified atom stereocenters. The molecule has 1 amide bonds. The maximum atomic E-state index is 12.1. The minimum Gasteiger partial charge on any atom is -0.341 e. The van der Waals surface area contributed by atoms with Crippen molar-refractivity contribution in [3.8, 4) is 0 Å². The van der Waals surface area contributed by atoms with Crippen LogP contribution in [-0.4, -0.2) is 58.9 Å². The van der Waals surface area contributed by atoms with Crippen LogP contribution in [0.25, 0.3) is 0 Å². The van der Waals surface area contributed by atoms with Crippen molar-refractivity contribution in [3.63, 3.8) is 0 Å². The molecule has 0 N–H and O–H groups in total. The van der Waals surface area contributed by atoms with Gasteiger partial charge in [0.1, 0.15) is 0 Å². The molecule has 0 atom stereocenters. The van der Waals surface area contributed by atoms with Crippen molar-refractivity contribution in [2.45, 2.75) is 32.7 Å². The Morgan fingerprint density at radius 3 is 2.95 bits per heavy atom. The number of nitrogens with zero attached hydrogens (tertiary/aromatic N) is 3. The molecule has 6 heteroatoms. The van der Waals surface area contributed by atoms with Gasteiger partial charge in [0.25, 0.3) is 0 Å².